The Labute approximate surface area is 61.3 Å². The van der Waals surface area contributed by atoms with Crippen LogP contribution in [-0.4, -0.2) is 49.3 Å². The molecule has 0 aliphatic rings. The molecule has 0 aromatic rings. The standard InChI is InChI=1S/C2H4O2.2H2O.Pb.2H/c1-2(3)4;;;;;/h1H3,(H,3,4);2*1H2;;;. The van der Waals surface area contributed by atoms with E-state index in [4.69, 9.17) is 9.90 Å². The summed E-state index contributed by atoms with van der Waals surface area (Å²) >= 11 is 0. The zero-order chi connectivity index (χ0) is 3.58. The molecule has 46 valence electrons. The van der Waals surface area contributed by atoms with E-state index in [1.54, 1.807) is 0 Å². The fourth-order valence-electron chi connectivity index (χ4n) is 0. The zero-order valence-corrected chi connectivity index (χ0v) is 9.56. The third kappa shape index (κ3) is 1210. The Morgan fingerprint density at radius 2 is 1.43 bits per heavy atom. The van der Waals surface area contributed by atoms with E-state index in [1.807, 2.05) is 0 Å². The molecule has 0 spiro atoms. The molecule has 5 N–H and O–H groups in total. The van der Waals surface area contributed by atoms with Gasteiger partial charge in [-0.1, -0.05) is 0 Å². The molecule has 0 aliphatic carbocycles. The number of hydrogen-bond donors (Lipinski definition) is 1. The first kappa shape index (κ1) is 26.6. The summed E-state index contributed by atoms with van der Waals surface area (Å²) in [6, 6.07) is 0. The fourth-order valence-corrected chi connectivity index (χ4v) is 0. The van der Waals surface area contributed by atoms with Crippen LogP contribution in [0.1, 0.15) is 6.92 Å². The molecule has 0 bridgehead atoms. The molecule has 4 nitrogen and oxygen atoms in total. The van der Waals surface area contributed by atoms with Gasteiger partial charge in [-0.05, 0) is 0 Å². The molecule has 0 rings (SSSR count). The summed E-state index contributed by atoms with van der Waals surface area (Å²) in [6.07, 6.45) is 0. The monoisotopic (exact) mass is 306 g/mol. The van der Waals surface area contributed by atoms with Crippen LogP contribution in [0.15, 0.2) is 0 Å². The van der Waals surface area contributed by atoms with Gasteiger partial charge in [-0.15, -0.1) is 0 Å². The van der Waals surface area contributed by atoms with Crippen LogP contribution in [0.2, 0.25) is 0 Å². The van der Waals surface area contributed by atoms with E-state index >= 15 is 0 Å². The number of rotatable bonds is 0. The van der Waals surface area contributed by atoms with Crippen LogP contribution >= 0.6 is 0 Å². The van der Waals surface area contributed by atoms with Gasteiger partial charge in [-0.3, -0.25) is 4.79 Å². The summed E-state index contributed by atoms with van der Waals surface area (Å²) in [4.78, 5) is 9.00. The Morgan fingerprint density at radius 1 is 1.43 bits per heavy atom. The average Bonchev–Trinajstić information content (AvgIpc) is 0.811. The molecule has 0 aromatic heterocycles. The van der Waals surface area contributed by atoms with Crippen molar-refractivity contribution in [2.24, 2.45) is 0 Å². The third-order valence-electron chi connectivity index (χ3n) is 0. The first-order valence-electron chi connectivity index (χ1n) is 0.928. The van der Waals surface area contributed by atoms with Crippen molar-refractivity contribution in [3.63, 3.8) is 0 Å². The molecule has 0 fully saturated rings. The molecular formula is C2H10O4Pb. The normalized spacial score (nSPS) is 3.57. The van der Waals surface area contributed by atoms with Gasteiger partial charge < -0.3 is 16.1 Å². The second kappa shape index (κ2) is 16.2. The Kier molecular flexibility index (Phi) is 61.6. The van der Waals surface area contributed by atoms with E-state index in [0.717, 1.165) is 6.92 Å². The predicted octanol–water partition coefficient (Wildman–Crippen LogP) is -2.47. The molecule has 0 unspecified atom stereocenters. The van der Waals surface area contributed by atoms with Gasteiger partial charge in [0.1, 0.15) is 0 Å². The van der Waals surface area contributed by atoms with Gasteiger partial charge >= 0.3 is 27.3 Å². The van der Waals surface area contributed by atoms with Crippen LogP contribution in [0.5, 0.6) is 0 Å². The van der Waals surface area contributed by atoms with E-state index in [9.17, 15) is 0 Å². The van der Waals surface area contributed by atoms with Gasteiger partial charge in [0.15, 0.2) is 0 Å². The minimum atomic E-state index is -0.833. The number of carbonyl (C=O) groups is 1. The van der Waals surface area contributed by atoms with E-state index < -0.39 is 5.97 Å². The Morgan fingerprint density at radius 3 is 1.43 bits per heavy atom. The van der Waals surface area contributed by atoms with Crippen LogP contribution in [0.3, 0.4) is 0 Å². The molecule has 0 saturated carbocycles. The molecular weight excluding hydrogens is 295 g/mol. The van der Waals surface area contributed by atoms with Crippen molar-refractivity contribution >= 4 is 33.3 Å². The van der Waals surface area contributed by atoms with Crippen molar-refractivity contribution in [3.8, 4) is 0 Å². The van der Waals surface area contributed by atoms with Gasteiger partial charge in [0.2, 0.25) is 0 Å². The molecule has 5 heteroatoms. The molecule has 0 saturated heterocycles. The number of hydrogen-bond acceptors (Lipinski definition) is 1. The number of carboxylic acids is 1. The first-order valence-corrected chi connectivity index (χ1v) is 0.928. The van der Waals surface area contributed by atoms with Crippen molar-refractivity contribution in [3.05, 3.63) is 0 Å². The van der Waals surface area contributed by atoms with Crippen molar-refractivity contribution in [2.75, 3.05) is 0 Å². The van der Waals surface area contributed by atoms with Crippen molar-refractivity contribution in [1.29, 1.82) is 0 Å². The molecule has 0 amide bonds. The molecule has 2 radical (unpaired) electrons. The summed E-state index contributed by atoms with van der Waals surface area (Å²) in [5.74, 6) is -0.833. The van der Waals surface area contributed by atoms with Gasteiger partial charge in [0.25, 0.3) is 5.97 Å². The number of aliphatic carboxylic acids is 1. The van der Waals surface area contributed by atoms with Crippen LogP contribution in [0, 0.1) is 0 Å². The molecule has 0 aromatic carbocycles. The summed E-state index contributed by atoms with van der Waals surface area (Å²) < 4.78 is 0. The Balaban J connectivity index is -0.0000000150. The van der Waals surface area contributed by atoms with Crippen LogP contribution in [0.25, 0.3) is 0 Å². The number of carboxylic acid groups (broad SMARTS) is 1. The van der Waals surface area contributed by atoms with Crippen LogP contribution in [0.4, 0.5) is 0 Å². The maximum atomic E-state index is 9.00. The topological polar surface area (TPSA) is 100 Å². The molecule has 0 heterocycles. The summed E-state index contributed by atoms with van der Waals surface area (Å²) in [6.45, 7) is 1.08. The second-order valence-corrected chi connectivity index (χ2v) is 0.519. The minimum absolute atomic E-state index is 0. The van der Waals surface area contributed by atoms with Crippen molar-refractivity contribution < 1.29 is 20.9 Å². The van der Waals surface area contributed by atoms with Gasteiger partial charge in [0.05, 0.1) is 0 Å². The van der Waals surface area contributed by atoms with Crippen LogP contribution < -0.4 is 0 Å². The molecule has 0 aliphatic heterocycles. The van der Waals surface area contributed by atoms with E-state index in [0.29, 0.717) is 0 Å². The van der Waals surface area contributed by atoms with E-state index in [2.05, 4.69) is 0 Å². The first-order chi connectivity index (χ1) is 1.73. The maximum absolute atomic E-state index is 9.00. The predicted molar refractivity (Wildman–Crippen MR) is 29.1 cm³/mol. The third-order valence-corrected chi connectivity index (χ3v) is 0. The fraction of sp³-hybridized carbons (Fsp3) is 0.500. The van der Waals surface area contributed by atoms with E-state index in [-0.39, 0.29) is 38.3 Å². The SMILES string of the molecule is CC(=O)O.O.O.[PbH2]. The van der Waals surface area contributed by atoms with Gasteiger partial charge in [-0.25, -0.2) is 0 Å². The second-order valence-electron chi connectivity index (χ2n) is 0.519. The summed E-state index contributed by atoms with van der Waals surface area (Å²) in [5, 5.41) is 7.42. The summed E-state index contributed by atoms with van der Waals surface area (Å²) in [5.41, 5.74) is 0. The average molecular weight is 305 g/mol. The van der Waals surface area contributed by atoms with Crippen LogP contribution in [-0.2, 0) is 4.79 Å². The van der Waals surface area contributed by atoms with Crippen molar-refractivity contribution in [2.45, 2.75) is 6.92 Å². The quantitative estimate of drug-likeness (QED) is 0.501. The summed E-state index contributed by atoms with van der Waals surface area (Å²) in [7, 11) is 0. The Hall–Kier alpha value is 0.312. The Bertz CT molecular complexity index is 32.7. The molecule has 0 atom stereocenters. The van der Waals surface area contributed by atoms with E-state index in [1.165, 1.54) is 0 Å². The van der Waals surface area contributed by atoms with Crippen molar-refractivity contribution in [1.82, 2.24) is 0 Å². The zero-order valence-electron chi connectivity index (χ0n) is 4.06. The van der Waals surface area contributed by atoms with Gasteiger partial charge in [-0.2, -0.15) is 0 Å². The molecule has 7 heavy (non-hydrogen) atoms. The van der Waals surface area contributed by atoms with Gasteiger partial charge in [0, 0.05) is 6.92 Å².